The second-order valence-electron chi connectivity index (χ2n) is 4.23. The summed E-state index contributed by atoms with van der Waals surface area (Å²) in [6.07, 6.45) is 1.14. The van der Waals surface area contributed by atoms with Crippen LogP contribution in [0.1, 0.15) is 11.1 Å². The molecule has 0 spiro atoms. The summed E-state index contributed by atoms with van der Waals surface area (Å²) >= 11 is 0. The minimum absolute atomic E-state index is 0.0198. The Kier molecular flexibility index (Phi) is 5.94. The zero-order valence-electron chi connectivity index (χ0n) is 10.7. The van der Waals surface area contributed by atoms with E-state index in [-0.39, 0.29) is 6.42 Å². The first-order valence-corrected chi connectivity index (χ1v) is 7.71. The summed E-state index contributed by atoms with van der Waals surface area (Å²) in [5, 5.41) is 11.7. The Balaban J connectivity index is 2.28. The van der Waals surface area contributed by atoms with E-state index in [1.807, 2.05) is 12.1 Å². The van der Waals surface area contributed by atoms with Crippen molar-refractivity contribution in [2.24, 2.45) is 0 Å². The van der Waals surface area contributed by atoms with E-state index in [0.717, 1.165) is 17.4 Å². The van der Waals surface area contributed by atoms with Gasteiger partial charge in [0.25, 0.3) is 0 Å². The average Bonchev–Trinajstić information content (AvgIpc) is 2.28. The van der Waals surface area contributed by atoms with Gasteiger partial charge in [0.15, 0.2) is 0 Å². The van der Waals surface area contributed by atoms with Crippen molar-refractivity contribution in [1.82, 2.24) is 10.0 Å². The van der Waals surface area contributed by atoms with Crippen LogP contribution in [0.4, 0.5) is 0 Å². The standard InChI is InChI=1S/C12H18N2O4S/c1-19(17,18)14-7-6-13-9-11-4-2-10(3-5-11)8-12(15)16/h2-5,13-14H,6-9H2,1H3,(H,15,16). The third kappa shape index (κ3) is 7.55. The highest BCUT2D eigenvalue weighted by molar-refractivity contribution is 7.88. The first-order chi connectivity index (χ1) is 8.87. The van der Waals surface area contributed by atoms with Gasteiger partial charge in [0.1, 0.15) is 0 Å². The van der Waals surface area contributed by atoms with Crippen LogP contribution >= 0.6 is 0 Å². The SMILES string of the molecule is CS(=O)(=O)NCCNCc1ccc(CC(=O)O)cc1. The molecule has 1 aromatic carbocycles. The molecule has 0 fully saturated rings. The average molecular weight is 286 g/mol. The molecule has 0 atom stereocenters. The third-order valence-corrected chi connectivity index (χ3v) is 3.10. The predicted octanol–water partition coefficient (Wildman–Crippen LogP) is -0.0475. The second-order valence-corrected chi connectivity index (χ2v) is 6.06. The van der Waals surface area contributed by atoms with E-state index >= 15 is 0 Å². The zero-order chi connectivity index (χ0) is 14.3. The molecule has 106 valence electrons. The number of benzene rings is 1. The Morgan fingerprint density at radius 3 is 2.26 bits per heavy atom. The van der Waals surface area contributed by atoms with Crippen LogP contribution in [0.2, 0.25) is 0 Å². The molecule has 0 heterocycles. The molecule has 0 aliphatic carbocycles. The van der Waals surface area contributed by atoms with Crippen molar-refractivity contribution >= 4 is 16.0 Å². The zero-order valence-corrected chi connectivity index (χ0v) is 11.5. The lowest BCUT2D eigenvalue weighted by atomic mass is 10.1. The van der Waals surface area contributed by atoms with Crippen molar-refractivity contribution in [1.29, 1.82) is 0 Å². The van der Waals surface area contributed by atoms with Crippen LogP contribution in [0.25, 0.3) is 0 Å². The second kappa shape index (κ2) is 7.22. The summed E-state index contributed by atoms with van der Waals surface area (Å²) < 4.78 is 24.0. The van der Waals surface area contributed by atoms with E-state index in [1.54, 1.807) is 12.1 Å². The first kappa shape index (κ1) is 15.6. The molecule has 19 heavy (non-hydrogen) atoms. The molecule has 0 saturated heterocycles. The molecule has 0 unspecified atom stereocenters. The normalized spacial score (nSPS) is 11.4. The maximum Gasteiger partial charge on any atom is 0.307 e. The number of aliphatic carboxylic acids is 1. The van der Waals surface area contributed by atoms with E-state index in [1.165, 1.54) is 0 Å². The first-order valence-electron chi connectivity index (χ1n) is 5.82. The fourth-order valence-electron chi connectivity index (χ4n) is 1.51. The maximum absolute atomic E-state index is 10.8. The molecule has 1 aromatic rings. The Bertz CT molecular complexity index is 511. The summed E-state index contributed by atoms with van der Waals surface area (Å²) in [6.45, 7) is 1.48. The fraction of sp³-hybridized carbons (Fsp3) is 0.417. The smallest absolute Gasteiger partial charge is 0.307 e. The molecule has 1 rings (SSSR count). The summed E-state index contributed by atoms with van der Waals surface area (Å²) in [5.74, 6) is -0.849. The van der Waals surface area contributed by atoms with Gasteiger partial charge in [-0.25, -0.2) is 13.1 Å². The van der Waals surface area contributed by atoms with Gasteiger partial charge in [0.2, 0.25) is 10.0 Å². The van der Waals surface area contributed by atoms with Gasteiger partial charge in [0.05, 0.1) is 12.7 Å². The van der Waals surface area contributed by atoms with Gasteiger partial charge in [-0.2, -0.15) is 0 Å². The van der Waals surface area contributed by atoms with Gasteiger partial charge in [-0.05, 0) is 11.1 Å². The van der Waals surface area contributed by atoms with Gasteiger partial charge in [-0.1, -0.05) is 24.3 Å². The summed E-state index contributed by atoms with van der Waals surface area (Å²) in [5.41, 5.74) is 1.78. The van der Waals surface area contributed by atoms with Crippen LogP contribution in [0.5, 0.6) is 0 Å². The Hall–Kier alpha value is -1.44. The highest BCUT2D eigenvalue weighted by Crippen LogP contribution is 2.04. The van der Waals surface area contributed by atoms with Gasteiger partial charge in [0, 0.05) is 19.6 Å². The highest BCUT2D eigenvalue weighted by atomic mass is 32.2. The van der Waals surface area contributed by atoms with Crippen molar-refractivity contribution in [2.75, 3.05) is 19.3 Å². The Labute approximate surface area is 112 Å². The van der Waals surface area contributed by atoms with Crippen molar-refractivity contribution in [3.8, 4) is 0 Å². The van der Waals surface area contributed by atoms with Crippen molar-refractivity contribution in [2.45, 2.75) is 13.0 Å². The van der Waals surface area contributed by atoms with Gasteiger partial charge < -0.3 is 10.4 Å². The minimum Gasteiger partial charge on any atom is -0.481 e. The van der Waals surface area contributed by atoms with Crippen molar-refractivity contribution < 1.29 is 18.3 Å². The number of carboxylic acid groups (broad SMARTS) is 1. The number of nitrogens with one attached hydrogen (secondary N) is 2. The number of hydrogen-bond donors (Lipinski definition) is 3. The molecule has 0 aromatic heterocycles. The Morgan fingerprint density at radius 1 is 1.16 bits per heavy atom. The number of carboxylic acids is 1. The van der Waals surface area contributed by atoms with E-state index < -0.39 is 16.0 Å². The van der Waals surface area contributed by atoms with E-state index in [2.05, 4.69) is 10.0 Å². The van der Waals surface area contributed by atoms with Crippen LogP contribution in [0.3, 0.4) is 0 Å². The molecule has 0 aliphatic heterocycles. The van der Waals surface area contributed by atoms with Gasteiger partial charge >= 0.3 is 5.97 Å². The molecule has 3 N–H and O–H groups in total. The number of carbonyl (C=O) groups is 1. The van der Waals surface area contributed by atoms with Crippen LogP contribution in [-0.4, -0.2) is 38.8 Å². The maximum atomic E-state index is 10.8. The van der Waals surface area contributed by atoms with Crippen LogP contribution in [0.15, 0.2) is 24.3 Å². The van der Waals surface area contributed by atoms with E-state index in [4.69, 9.17) is 5.11 Å². The number of sulfonamides is 1. The van der Waals surface area contributed by atoms with Crippen LogP contribution < -0.4 is 10.0 Å². The Morgan fingerprint density at radius 2 is 1.74 bits per heavy atom. The molecular weight excluding hydrogens is 268 g/mol. The molecule has 0 bridgehead atoms. The lowest BCUT2D eigenvalue weighted by Gasteiger charge is -2.06. The summed E-state index contributed by atoms with van der Waals surface area (Å²) in [7, 11) is -3.13. The molecule has 7 heteroatoms. The van der Waals surface area contributed by atoms with Gasteiger partial charge in [-0.15, -0.1) is 0 Å². The van der Waals surface area contributed by atoms with E-state index in [9.17, 15) is 13.2 Å². The number of rotatable bonds is 8. The molecule has 0 aliphatic rings. The molecule has 0 radical (unpaired) electrons. The largest absolute Gasteiger partial charge is 0.481 e. The summed E-state index contributed by atoms with van der Waals surface area (Å²) in [4.78, 5) is 10.5. The fourth-order valence-corrected chi connectivity index (χ4v) is 1.98. The van der Waals surface area contributed by atoms with Crippen LogP contribution in [-0.2, 0) is 27.8 Å². The quantitative estimate of drug-likeness (QED) is 0.582. The third-order valence-electron chi connectivity index (χ3n) is 2.37. The van der Waals surface area contributed by atoms with E-state index in [0.29, 0.717) is 19.6 Å². The number of hydrogen-bond acceptors (Lipinski definition) is 4. The van der Waals surface area contributed by atoms with Crippen molar-refractivity contribution in [3.63, 3.8) is 0 Å². The monoisotopic (exact) mass is 286 g/mol. The van der Waals surface area contributed by atoms with Crippen molar-refractivity contribution in [3.05, 3.63) is 35.4 Å². The minimum atomic E-state index is -3.13. The lowest BCUT2D eigenvalue weighted by Crippen LogP contribution is -2.30. The molecule has 0 saturated carbocycles. The highest BCUT2D eigenvalue weighted by Gasteiger charge is 2.01. The summed E-state index contributed by atoms with van der Waals surface area (Å²) in [6, 6.07) is 7.27. The van der Waals surface area contributed by atoms with Crippen LogP contribution in [0, 0.1) is 0 Å². The molecule has 6 nitrogen and oxygen atoms in total. The van der Waals surface area contributed by atoms with Gasteiger partial charge in [-0.3, -0.25) is 4.79 Å². The lowest BCUT2D eigenvalue weighted by molar-refractivity contribution is -0.136. The topological polar surface area (TPSA) is 95.5 Å². The molecular formula is C12H18N2O4S. The predicted molar refractivity (Wildman–Crippen MR) is 72.3 cm³/mol. The molecule has 0 amide bonds.